The van der Waals surface area contributed by atoms with Gasteiger partial charge in [-0.1, -0.05) is 24.3 Å². The van der Waals surface area contributed by atoms with Gasteiger partial charge in [0.2, 0.25) is 15.9 Å². The molecule has 1 aromatic rings. The summed E-state index contributed by atoms with van der Waals surface area (Å²) in [4.78, 5) is 11.9. The van der Waals surface area contributed by atoms with Crippen molar-refractivity contribution in [1.82, 2.24) is 15.4 Å². The van der Waals surface area contributed by atoms with Gasteiger partial charge in [0, 0.05) is 19.0 Å². The lowest BCUT2D eigenvalue weighted by atomic mass is 10.1. The van der Waals surface area contributed by atoms with Crippen LogP contribution in [0.25, 0.3) is 0 Å². The lowest BCUT2D eigenvalue weighted by Gasteiger charge is -2.12. The van der Waals surface area contributed by atoms with Gasteiger partial charge in [0.25, 0.3) is 5.92 Å². The maximum atomic E-state index is 13.1. The number of hydrogen-bond donors (Lipinski definition) is 3. The molecule has 0 spiro atoms. The minimum absolute atomic E-state index is 0. The Kier molecular flexibility index (Phi) is 7.94. The summed E-state index contributed by atoms with van der Waals surface area (Å²) < 4.78 is 52.4. The molecule has 1 saturated heterocycles. The van der Waals surface area contributed by atoms with Crippen molar-refractivity contribution >= 4 is 28.3 Å². The number of alkyl halides is 2. The Hall–Kier alpha value is -1.29. The number of rotatable bonds is 7. The zero-order valence-electron chi connectivity index (χ0n) is 14.6. The maximum Gasteiger partial charge on any atom is 0.262 e. The summed E-state index contributed by atoms with van der Waals surface area (Å²) in [5.41, 5.74) is 1.39. The van der Waals surface area contributed by atoms with Gasteiger partial charge in [-0.2, -0.15) is 0 Å². The fraction of sp³-hybridized carbons (Fsp3) is 0.562. The monoisotopic (exact) mass is 411 g/mol. The van der Waals surface area contributed by atoms with Gasteiger partial charge in [-0.25, -0.2) is 21.9 Å². The average Bonchev–Trinajstić information content (AvgIpc) is 2.84. The molecular formula is C16H24ClF2N3O3S. The molecule has 1 aliphatic rings. The van der Waals surface area contributed by atoms with Gasteiger partial charge < -0.3 is 5.32 Å². The summed E-state index contributed by atoms with van der Waals surface area (Å²) in [6, 6.07) is 5.69. The molecule has 1 atom stereocenters. The van der Waals surface area contributed by atoms with E-state index in [9.17, 15) is 22.0 Å². The molecule has 1 heterocycles. The first-order valence-electron chi connectivity index (χ1n) is 8.03. The van der Waals surface area contributed by atoms with Crippen molar-refractivity contribution in [3.05, 3.63) is 35.4 Å². The smallest absolute Gasteiger partial charge is 0.262 e. The summed E-state index contributed by atoms with van der Waals surface area (Å²) in [5.74, 6) is -3.44. The van der Waals surface area contributed by atoms with Crippen LogP contribution < -0.4 is 15.4 Å². The highest BCUT2D eigenvalue weighted by Crippen LogP contribution is 2.25. The first-order chi connectivity index (χ1) is 11.6. The van der Waals surface area contributed by atoms with E-state index in [-0.39, 0.29) is 30.7 Å². The second-order valence-corrected chi connectivity index (χ2v) is 8.31. The minimum Gasteiger partial charge on any atom is -0.351 e. The second-order valence-electron chi connectivity index (χ2n) is 6.56. The Labute approximate surface area is 158 Å². The molecule has 1 amide bonds. The van der Waals surface area contributed by atoms with Crippen molar-refractivity contribution in [2.24, 2.45) is 0 Å². The molecule has 2 rings (SSSR count). The number of amides is 1. The molecule has 0 saturated carbocycles. The summed E-state index contributed by atoms with van der Waals surface area (Å²) in [6.45, 7) is 3.20. The van der Waals surface area contributed by atoms with E-state index in [0.29, 0.717) is 5.56 Å². The number of hydrogen-bond acceptors (Lipinski definition) is 4. The van der Waals surface area contributed by atoms with Gasteiger partial charge in [0.15, 0.2) is 0 Å². The number of nitrogens with one attached hydrogen (secondary N) is 3. The van der Waals surface area contributed by atoms with Gasteiger partial charge >= 0.3 is 0 Å². The summed E-state index contributed by atoms with van der Waals surface area (Å²) in [5, 5.41) is 5.10. The predicted octanol–water partition coefficient (Wildman–Crippen LogP) is 1.55. The molecule has 26 heavy (non-hydrogen) atoms. The Morgan fingerprint density at radius 2 is 1.85 bits per heavy atom. The van der Waals surface area contributed by atoms with Gasteiger partial charge in [0.1, 0.15) is 0 Å². The van der Waals surface area contributed by atoms with Gasteiger partial charge in [-0.15, -0.1) is 12.4 Å². The molecule has 6 nitrogen and oxygen atoms in total. The van der Waals surface area contributed by atoms with E-state index in [1.165, 1.54) is 0 Å². The van der Waals surface area contributed by atoms with Crippen molar-refractivity contribution in [3.63, 3.8) is 0 Å². The molecular weight excluding hydrogens is 388 g/mol. The lowest BCUT2D eigenvalue weighted by molar-refractivity contribution is -0.123. The number of carbonyl (C=O) groups is 1. The molecule has 0 aromatic heterocycles. The van der Waals surface area contributed by atoms with Crippen molar-refractivity contribution in [1.29, 1.82) is 0 Å². The molecule has 148 valence electrons. The summed E-state index contributed by atoms with van der Waals surface area (Å²) >= 11 is 0. The topological polar surface area (TPSA) is 87.3 Å². The Balaban J connectivity index is 0.00000338. The first kappa shape index (κ1) is 22.8. The fourth-order valence-corrected chi connectivity index (χ4v) is 4.02. The Morgan fingerprint density at radius 3 is 2.35 bits per heavy atom. The van der Waals surface area contributed by atoms with Gasteiger partial charge in [0.05, 0.1) is 18.3 Å². The van der Waals surface area contributed by atoms with Crippen LogP contribution in [0.3, 0.4) is 0 Å². The van der Waals surface area contributed by atoms with Gasteiger partial charge in [-0.05, 0) is 25.0 Å². The van der Waals surface area contributed by atoms with E-state index in [2.05, 4.69) is 15.4 Å². The fourth-order valence-electron chi connectivity index (χ4n) is 2.59. The molecule has 1 aliphatic heterocycles. The average molecular weight is 412 g/mol. The third-order valence-corrected chi connectivity index (χ3v) is 5.23. The van der Waals surface area contributed by atoms with E-state index in [4.69, 9.17) is 0 Å². The number of carbonyl (C=O) groups excluding carboxylic acids is 1. The van der Waals surface area contributed by atoms with Crippen molar-refractivity contribution < 1.29 is 22.0 Å². The van der Waals surface area contributed by atoms with Crippen molar-refractivity contribution in [3.8, 4) is 0 Å². The molecule has 0 aliphatic carbocycles. The molecule has 1 aromatic carbocycles. The van der Waals surface area contributed by atoms with Crippen LogP contribution in [0.1, 0.15) is 31.4 Å². The van der Waals surface area contributed by atoms with Crippen molar-refractivity contribution in [2.75, 3.05) is 6.54 Å². The second kappa shape index (κ2) is 9.07. The third kappa shape index (κ3) is 7.14. The van der Waals surface area contributed by atoms with Crippen LogP contribution in [0, 0.1) is 0 Å². The summed E-state index contributed by atoms with van der Waals surface area (Å²) in [7, 11) is -3.39. The normalized spacial score (nSPS) is 19.2. The highest BCUT2D eigenvalue weighted by Gasteiger charge is 2.42. The van der Waals surface area contributed by atoms with Gasteiger partial charge in [-0.3, -0.25) is 10.1 Å². The molecule has 3 N–H and O–H groups in total. The molecule has 0 radical (unpaired) electrons. The van der Waals surface area contributed by atoms with E-state index < -0.39 is 40.9 Å². The number of sulfonamides is 1. The highest BCUT2D eigenvalue weighted by atomic mass is 35.5. The molecule has 10 heteroatoms. The van der Waals surface area contributed by atoms with Crippen LogP contribution in [-0.2, 0) is 27.1 Å². The highest BCUT2D eigenvalue weighted by molar-refractivity contribution is 7.88. The minimum atomic E-state index is -3.39. The molecule has 0 bridgehead atoms. The zero-order valence-corrected chi connectivity index (χ0v) is 16.2. The number of halogens is 3. The van der Waals surface area contributed by atoms with E-state index in [1.807, 2.05) is 0 Å². The Morgan fingerprint density at radius 1 is 1.27 bits per heavy atom. The SMILES string of the molecule is CC(C)NS(=O)(=O)Cc1ccc(CNC(=O)C2CC(F)(F)CN2)cc1.Cl. The van der Waals surface area contributed by atoms with E-state index in [0.717, 1.165) is 5.56 Å². The number of benzene rings is 1. The standard InChI is InChI=1S/C16H23F2N3O3S.ClH/c1-11(2)21-25(23,24)9-13-5-3-12(4-6-13)8-19-15(22)14-7-16(17,18)10-20-14;/h3-6,11,14,20-21H,7-10H2,1-2H3,(H,19,22);1H. The molecule has 1 fully saturated rings. The van der Waals surface area contributed by atoms with Crippen LogP contribution in [0.2, 0.25) is 0 Å². The van der Waals surface area contributed by atoms with Crippen molar-refractivity contribution in [2.45, 2.75) is 50.6 Å². The zero-order chi connectivity index (χ0) is 18.7. The van der Waals surface area contributed by atoms with Crippen LogP contribution in [0.5, 0.6) is 0 Å². The largest absolute Gasteiger partial charge is 0.351 e. The lowest BCUT2D eigenvalue weighted by Crippen LogP contribution is -2.40. The first-order valence-corrected chi connectivity index (χ1v) is 9.68. The van der Waals surface area contributed by atoms with Crippen LogP contribution in [0.4, 0.5) is 8.78 Å². The maximum absolute atomic E-state index is 13.1. The Bertz CT molecular complexity index is 712. The van der Waals surface area contributed by atoms with Crippen LogP contribution >= 0.6 is 12.4 Å². The quantitative estimate of drug-likeness (QED) is 0.635. The van der Waals surface area contributed by atoms with E-state index >= 15 is 0 Å². The summed E-state index contributed by atoms with van der Waals surface area (Å²) in [6.07, 6.45) is -0.502. The predicted molar refractivity (Wildman–Crippen MR) is 97.8 cm³/mol. The molecule has 1 unspecified atom stereocenters. The van der Waals surface area contributed by atoms with Crippen LogP contribution in [-0.4, -0.2) is 38.9 Å². The third-order valence-electron chi connectivity index (χ3n) is 3.69. The van der Waals surface area contributed by atoms with Crippen LogP contribution in [0.15, 0.2) is 24.3 Å². The van der Waals surface area contributed by atoms with E-state index in [1.54, 1.807) is 38.1 Å².